The number of rotatable bonds is 1. The van der Waals surface area contributed by atoms with Crippen molar-refractivity contribution in [3.63, 3.8) is 0 Å². The number of piperidine rings is 1. The zero-order valence-electron chi connectivity index (χ0n) is 9.26. The fraction of sp³-hybridized carbons (Fsp3) is 0.273. The third-order valence-electron chi connectivity index (χ3n) is 3.00. The van der Waals surface area contributed by atoms with Gasteiger partial charge in [-0.15, -0.1) is 0 Å². The summed E-state index contributed by atoms with van der Waals surface area (Å²) >= 11 is 5.97. The summed E-state index contributed by atoms with van der Waals surface area (Å²) in [4.78, 5) is 27.1. The number of hydrogen-bond acceptors (Lipinski definition) is 4. The second-order valence-electron chi connectivity index (χ2n) is 4.11. The van der Waals surface area contributed by atoms with Gasteiger partial charge in [-0.05, 0) is 12.5 Å². The predicted molar refractivity (Wildman–Crippen MR) is 63.1 cm³/mol. The number of nitrogens with one attached hydrogen (secondary N) is 1. The van der Waals surface area contributed by atoms with Crippen LogP contribution in [0.15, 0.2) is 18.5 Å². The van der Waals surface area contributed by atoms with E-state index >= 15 is 0 Å². The van der Waals surface area contributed by atoms with Crippen LogP contribution in [0.4, 0.5) is 0 Å². The Hall–Kier alpha value is -1.95. The van der Waals surface area contributed by atoms with Crippen LogP contribution in [0.3, 0.4) is 0 Å². The first kappa shape index (κ1) is 11.2. The van der Waals surface area contributed by atoms with E-state index in [1.165, 1.54) is 4.52 Å². The van der Waals surface area contributed by atoms with E-state index in [9.17, 15) is 9.59 Å². The second kappa shape index (κ2) is 4.06. The Bertz CT molecular complexity index is 652. The number of amides is 2. The van der Waals surface area contributed by atoms with Gasteiger partial charge in [0, 0.05) is 18.2 Å². The number of aromatic nitrogens is 3. The first-order chi connectivity index (χ1) is 8.66. The van der Waals surface area contributed by atoms with Gasteiger partial charge in [0.1, 0.15) is 5.15 Å². The van der Waals surface area contributed by atoms with Crippen LogP contribution in [0.2, 0.25) is 5.15 Å². The standard InChI is InChI=1S/C11H9ClN4O2/c12-8-3-4-13-10-7(5-14-16(8)10)6-1-2-9(17)15-11(6)18/h3-6H,1-2H2,(H,15,17,18). The number of carbonyl (C=O) groups excluding carboxylic acids is 2. The lowest BCUT2D eigenvalue weighted by atomic mass is 9.92. The summed E-state index contributed by atoms with van der Waals surface area (Å²) < 4.78 is 1.47. The van der Waals surface area contributed by atoms with Crippen LogP contribution < -0.4 is 5.32 Å². The number of carbonyl (C=O) groups is 2. The van der Waals surface area contributed by atoms with Gasteiger partial charge in [-0.2, -0.15) is 5.10 Å². The molecule has 0 aliphatic carbocycles. The number of imide groups is 1. The van der Waals surface area contributed by atoms with Crippen molar-refractivity contribution in [2.24, 2.45) is 0 Å². The maximum Gasteiger partial charge on any atom is 0.234 e. The number of halogens is 1. The quantitative estimate of drug-likeness (QED) is 0.613. The van der Waals surface area contributed by atoms with E-state index < -0.39 is 5.92 Å². The molecule has 0 radical (unpaired) electrons. The Balaban J connectivity index is 2.07. The maximum absolute atomic E-state index is 11.8. The molecule has 1 atom stereocenters. The number of hydrogen-bond donors (Lipinski definition) is 1. The molecule has 0 spiro atoms. The van der Waals surface area contributed by atoms with Crippen LogP contribution in [-0.2, 0) is 9.59 Å². The lowest BCUT2D eigenvalue weighted by molar-refractivity contribution is -0.134. The molecule has 1 N–H and O–H groups in total. The van der Waals surface area contributed by atoms with Crippen LogP contribution in [0, 0.1) is 0 Å². The molecule has 0 aromatic carbocycles. The molecular formula is C11H9ClN4O2. The Kier molecular flexibility index (Phi) is 2.52. The average Bonchev–Trinajstić information content (AvgIpc) is 2.74. The van der Waals surface area contributed by atoms with E-state index in [1.54, 1.807) is 18.5 Å². The number of fused-ring (bicyclic) bond motifs is 1. The minimum atomic E-state index is -0.397. The van der Waals surface area contributed by atoms with E-state index in [-0.39, 0.29) is 11.8 Å². The molecule has 3 rings (SSSR count). The highest BCUT2D eigenvalue weighted by Crippen LogP contribution is 2.28. The average molecular weight is 265 g/mol. The highest BCUT2D eigenvalue weighted by atomic mass is 35.5. The van der Waals surface area contributed by atoms with E-state index in [4.69, 9.17) is 11.6 Å². The van der Waals surface area contributed by atoms with E-state index in [0.717, 1.165) is 0 Å². The minimum absolute atomic E-state index is 0.237. The van der Waals surface area contributed by atoms with Gasteiger partial charge in [0.05, 0.1) is 12.1 Å². The fourth-order valence-electron chi connectivity index (χ4n) is 2.12. The van der Waals surface area contributed by atoms with Gasteiger partial charge in [0.15, 0.2) is 5.65 Å². The van der Waals surface area contributed by atoms with Crippen LogP contribution in [-0.4, -0.2) is 26.4 Å². The smallest absolute Gasteiger partial charge is 0.234 e. The van der Waals surface area contributed by atoms with Crippen LogP contribution in [0.25, 0.3) is 5.65 Å². The van der Waals surface area contributed by atoms with Crippen molar-refractivity contribution in [3.8, 4) is 0 Å². The molecule has 1 aliphatic heterocycles. The predicted octanol–water partition coefficient (Wildman–Crippen LogP) is 0.903. The van der Waals surface area contributed by atoms with E-state index in [0.29, 0.717) is 29.2 Å². The zero-order valence-corrected chi connectivity index (χ0v) is 10.0. The lowest BCUT2D eigenvalue weighted by Gasteiger charge is -2.19. The molecular weight excluding hydrogens is 256 g/mol. The topological polar surface area (TPSA) is 76.4 Å². The summed E-state index contributed by atoms with van der Waals surface area (Å²) in [6.45, 7) is 0. The summed E-state index contributed by atoms with van der Waals surface area (Å²) in [7, 11) is 0. The Morgan fingerprint density at radius 3 is 3.06 bits per heavy atom. The largest absolute Gasteiger partial charge is 0.296 e. The van der Waals surface area contributed by atoms with Crippen molar-refractivity contribution >= 4 is 29.1 Å². The van der Waals surface area contributed by atoms with Crippen LogP contribution >= 0.6 is 11.6 Å². The summed E-state index contributed by atoms with van der Waals surface area (Å²) in [5.74, 6) is -0.937. The summed E-state index contributed by atoms with van der Waals surface area (Å²) in [6.07, 6.45) is 3.94. The summed E-state index contributed by atoms with van der Waals surface area (Å²) in [5, 5.41) is 6.85. The van der Waals surface area contributed by atoms with Gasteiger partial charge in [-0.1, -0.05) is 11.6 Å². The normalized spacial score (nSPS) is 20.2. The molecule has 2 amide bonds. The molecule has 1 saturated heterocycles. The monoisotopic (exact) mass is 264 g/mol. The van der Waals surface area contributed by atoms with Crippen LogP contribution in [0.5, 0.6) is 0 Å². The molecule has 2 aromatic heterocycles. The molecule has 1 aliphatic rings. The SMILES string of the molecule is O=C1CCC(c2cnn3c(Cl)ccnc23)C(=O)N1. The Labute approximate surface area is 107 Å². The molecule has 1 unspecified atom stereocenters. The molecule has 7 heteroatoms. The van der Waals surface area contributed by atoms with Gasteiger partial charge < -0.3 is 0 Å². The first-order valence-corrected chi connectivity index (χ1v) is 5.86. The summed E-state index contributed by atoms with van der Waals surface area (Å²) in [5.41, 5.74) is 1.25. The highest BCUT2D eigenvalue weighted by molar-refractivity contribution is 6.29. The molecule has 1 fully saturated rings. The van der Waals surface area contributed by atoms with Gasteiger partial charge in [0.25, 0.3) is 0 Å². The van der Waals surface area contributed by atoms with Crippen molar-refractivity contribution in [2.45, 2.75) is 18.8 Å². The Morgan fingerprint density at radius 2 is 2.28 bits per heavy atom. The number of nitrogens with zero attached hydrogens (tertiary/aromatic N) is 3. The summed E-state index contributed by atoms with van der Waals surface area (Å²) in [6, 6.07) is 1.62. The maximum atomic E-state index is 11.8. The third-order valence-corrected chi connectivity index (χ3v) is 3.28. The van der Waals surface area contributed by atoms with Crippen molar-refractivity contribution in [1.82, 2.24) is 19.9 Å². The van der Waals surface area contributed by atoms with Crippen molar-refractivity contribution in [2.75, 3.05) is 0 Å². The third kappa shape index (κ3) is 1.65. The molecule has 92 valence electrons. The van der Waals surface area contributed by atoms with Crippen molar-refractivity contribution in [1.29, 1.82) is 0 Å². The van der Waals surface area contributed by atoms with Crippen molar-refractivity contribution < 1.29 is 9.59 Å². The van der Waals surface area contributed by atoms with Crippen molar-refractivity contribution in [3.05, 3.63) is 29.2 Å². The first-order valence-electron chi connectivity index (χ1n) is 5.48. The van der Waals surface area contributed by atoms with E-state index in [1.807, 2.05) is 0 Å². The van der Waals surface area contributed by atoms with Gasteiger partial charge in [-0.3, -0.25) is 14.9 Å². The van der Waals surface area contributed by atoms with Gasteiger partial charge in [0.2, 0.25) is 11.8 Å². The van der Waals surface area contributed by atoms with Gasteiger partial charge in [-0.25, -0.2) is 9.50 Å². The zero-order chi connectivity index (χ0) is 12.7. The molecule has 0 saturated carbocycles. The lowest BCUT2D eigenvalue weighted by Crippen LogP contribution is -2.39. The van der Waals surface area contributed by atoms with Gasteiger partial charge >= 0.3 is 0 Å². The minimum Gasteiger partial charge on any atom is -0.296 e. The van der Waals surface area contributed by atoms with Crippen LogP contribution in [0.1, 0.15) is 24.3 Å². The molecule has 3 heterocycles. The molecule has 6 nitrogen and oxygen atoms in total. The Morgan fingerprint density at radius 1 is 1.44 bits per heavy atom. The molecule has 18 heavy (non-hydrogen) atoms. The molecule has 2 aromatic rings. The molecule has 0 bridgehead atoms. The fourth-order valence-corrected chi connectivity index (χ4v) is 2.30. The van der Waals surface area contributed by atoms with E-state index in [2.05, 4.69) is 15.4 Å². The highest BCUT2D eigenvalue weighted by Gasteiger charge is 2.30. The second-order valence-corrected chi connectivity index (χ2v) is 4.49.